The minimum atomic E-state index is -0.804. The zero-order chi connectivity index (χ0) is 20.9. The van der Waals surface area contributed by atoms with Gasteiger partial charge in [0.15, 0.2) is 5.69 Å². The molecular weight excluding hydrogens is 396 g/mol. The maximum atomic E-state index is 13.6. The van der Waals surface area contributed by atoms with Crippen LogP contribution in [0.3, 0.4) is 0 Å². The van der Waals surface area contributed by atoms with Gasteiger partial charge in [0, 0.05) is 17.1 Å². The van der Waals surface area contributed by atoms with E-state index in [0.29, 0.717) is 5.69 Å². The Morgan fingerprint density at radius 1 is 1.10 bits per heavy atom. The van der Waals surface area contributed by atoms with Crippen LogP contribution in [0.5, 0.6) is 0 Å². The highest BCUT2D eigenvalue weighted by atomic mass is 32.1. The highest BCUT2D eigenvalue weighted by Crippen LogP contribution is 2.31. The quantitative estimate of drug-likeness (QED) is 0.645. The van der Waals surface area contributed by atoms with Crippen LogP contribution in [-0.2, 0) is 4.79 Å². The standard InChI is InChI=1S/C23H24N4O2S/c1-16-8-7-9-17(14-16)21(22(28)24-18-10-5-6-11-18)27(19-12-3-2-4-13-19)23(29)20-15-30-26-25-20/h2-4,7-9,12-15,18,21H,5-6,10-11H2,1H3,(H,24,28)/t21-/m0/s1. The van der Waals surface area contributed by atoms with E-state index < -0.39 is 6.04 Å². The summed E-state index contributed by atoms with van der Waals surface area (Å²) in [5.74, 6) is -0.518. The lowest BCUT2D eigenvalue weighted by molar-refractivity contribution is -0.123. The number of hydrogen-bond acceptors (Lipinski definition) is 5. The highest BCUT2D eigenvalue weighted by Gasteiger charge is 2.35. The first-order valence-electron chi connectivity index (χ1n) is 10.2. The predicted molar refractivity (Wildman–Crippen MR) is 117 cm³/mol. The molecule has 7 heteroatoms. The number of rotatable bonds is 6. The van der Waals surface area contributed by atoms with E-state index in [1.165, 1.54) is 4.90 Å². The normalized spacial score (nSPS) is 15.0. The molecule has 2 amide bonds. The van der Waals surface area contributed by atoms with Gasteiger partial charge in [0.1, 0.15) is 6.04 Å². The van der Waals surface area contributed by atoms with Crippen LogP contribution in [0.15, 0.2) is 60.0 Å². The Morgan fingerprint density at radius 3 is 2.53 bits per heavy atom. The Labute approximate surface area is 180 Å². The third kappa shape index (κ3) is 4.41. The van der Waals surface area contributed by atoms with Gasteiger partial charge in [-0.25, -0.2) is 0 Å². The van der Waals surface area contributed by atoms with Crippen molar-refractivity contribution in [3.63, 3.8) is 0 Å². The van der Waals surface area contributed by atoms with Crippen molar-refractivity contribution < 1.29 is 9.59 Å². The van der Waals surface area contributed by atoms with Gasteiger partial charge in [-0.1, -0.05) is 65.4 Å². The van der Waals surface area contributed by atoms with Gasteiger partial charge in [0.05, 0.1) is 0 Å². The van der Waals surface area contributed by atoms with Gasteiger partial charge in [-0.2, -0.15) is 0 Å². The summed E-state index contributed by atoms with van der Waals surface area (Å²) in [5.41, 5.74) is 2.67. The molecule has 0 radical (unpaired) electrons. The van der Waals surface area contributed by atoms with Crippen LogP contribution >= 0.6 is 11.5 Å². The van der Waals surface area contributed by atoms with Gasteiger partial charge in [-0.05, 0) is 49.0 Å². The summed E-state index contributed by atoms with van der Waals surface area (Å²) in [5, 5.41) is 8.76. The summed E-state index contributed by atoms with van der Waals surface area (Å²) in [6.07, 6.45) is 4.18. The molecule has 1 heterocycles. The molecule has 4 rings (SSSR count). The average Bonchev–Trinajstić information content (AvgIpc) is 3.46. The van der Waals surface area contributed by atoms with Crippen molar-refractivity contribution in [2.75, 3.05) is 4.90 Å². The summed E-state index contributed by atoms with van der Waals surface area (Å²) in [6.45, 7) is 1.98. The summed E-state index contributed by atoms with van der Waals surface area (Å²) in [4.78, 5) is 28.6. The summed E-state index contributed by atoms with van der Waals surface area (Å²) >= 11 is 1.12. The SMILES string of the molecule is Cc1cccc([C@@H](C(=O)NC2CCCC2)N(C(=O)c2csnn2)c2ccccc2)c1. The van der Waals surface area contributed by atoms with Crippen LogP contribution in [0.2, 0.25) is 0 Å². The molecule has 0 bridgehead atoms. The van der Waals surface area contributed by atoms with Crippen molar-refractivity contribution in [1.29, 1.82) is 0 Å². The maximum absolute atomic E-state index is 13.6. The lowest BCUT2D eigenvalue weighted by Gasteiger charge is -2.32. The molecule has 154 valence electrons. The van der Waals surface area contributed by atoms with Crippen LogP contribution < -0.4 is 10.2 Å². The number of aryl methyl sites for hydroxylation is 1. The van der Waals surface area contributed by atoms with Crippen molar-refractivity contribution in [1.82, 2.24) is 14.9 Å². The highest BCUT2D eigenvalue weighted by molar-refractivity contribution is 7.03. The monoisotopic (exact) mass is 420 g/mol. The fourth-order valence-electron chi connectivity index (χ4n) is 3.96. The zero-order valence-electron chi connectivity index (χ0n) is 16.8. The number of benzene rings is 2. The smallest absolute Gasteiger partial charge is 0.280 e. The van der Waals surface area contributed by atoms with E-state index in [2.05, 4.69) is 14.9 Å². The fraction of sp³-hybridized carbons (Fsp3) is 0.304. The fourth-order valence-corrected chi connectivity index (χ4v) is 4.39. The number of aromatic nitrogens is 2. The molecule has 1 saturated carbocycles. The number of carbonyl (C=O) groups is 2. The predicted octanol–water partition coefficient (Wildman–Crippen LogP) is 4.29. The van der Waals surface area contributed by atoms with Gasteiger partial charge < -0.3 is 5.32 Å². The van der Waals surface area contributed by atoms with Crippen LogP contribution in [0.1, 0.15) is 53.3 Å². The van der Waals surface area contributed by atoms with Crippen molar-refractivity contribution in [2.45, 2.75) is 44.7 Å². The maximum Gasteiger partial charge on any atom is 0.280 e. The molecule has 3 aromatic rings. The van der Waals surface area contributed by atoms with E-state index >= 15 is 0 Å². The first-order valence-corrected chi connectivity index (χ1v) is 11.0. The number of hydrogen-bond donors (Lipinski definition) is 1. The molecule has 0 spiro atoms. The molecule has 1 atom stereocenters. The van der Waals surface area contributed by atoms with E-state index in [9.17, 15) is 9.59 Å². The van der Waals surface area contributed by atoms with Crippen molar-refractivity contribution in [3.05, 3.63) is 76.8 Å². The minimum Gasteiger partial charge on any atom is -0.351 e. The molecular formula is C23H24N4O2S. The van der Waals surface area contributed by atoms with Gasteiger partial charge in [0.2, 0.25) is 5.91 Å². The number of nitrogens with zero attached hydrogens (tertiary/aromatic N) is 3. The third-order valence-electron chi connectivity index (χ3n) is 5.40. The third-order valence-corrected chi connectivity index (χ3v) is 5.90. The Hall–Kier alpha value is -3.06. The van der Waals surface area contributed by atoms with Crippen molar-refractivity contribution in [2.24, 2.45) is 0 Å². The van der Waals surface area contributed by atoms with Crippen LogP contribution in [0.4, 0.5) is 5.69 Å². The lowest BCUT2D eigenvalue weighted by atomic mass is 10.00. The molecule has 1 aliphatic carbocycles. The Bertz CT molecular complexity index is 1000. The average molecular weight is 421 g/mol. The first kappa shape index (κ1) is 20.2. The number of amides is 2. The van der Waals surface area contributed by atoms with Gasteiger partial charge >= 0.3 is 0 Å². The second-order valence-electron chi connectivity index (χ2n) is 7.61. The van der Waals surface area contributed by atoms with Crippen molar-refractivity contribution in [3.8, 4) is 0 Å². The Kier molecular flexibility index (Phi) is 6.18. The lowest BCUT2D eigenvalue weighted by Crippen LogP contribution is -2.46. The minimum absolute atomic E-state index is 0.151. The molecule has 6 nitrogen and oxygen atoms in total. The topological polar surface area (TPSA) is 75.2 Å². The number of anilines is 1. The summed E-state index contributed by atoms with van der Waals surface area (Å²) in [7, 11) is 0. The number of para-hydroxylation sites is 1. The van der Waals surface area contributed by atoms with Crippen molar-refractivity contribution >= 4 is 29.0 Å². The van der Waals surface area contributed by atoms with E-state index in [4.69, 9.17) is 0 Å². The molecule has 0 aliphatic heterocycles. The molecule has 2 aromatic carbocycles. The van der Waals surface area contributed by atoms with Crippen LogP contribution in [0.25, 0.3) is 0 Å². The van der Waals surface area contributed by atoms with E-state index in [1.807, 2.05) is 61.5 Å². The van der Waals surface area contributed by atoms with E-state index in [1.54, 1.807) is 5.38 Å². The van der Waals surface area contributed by atoms with Gasteiger partial charge in [-0.3, -0.25) is 14.5 Å². The van der Waals surface area contributed by atoms with E-state index in [-0.39, 0.29) is 23.6 Å². The molecule has 0 saturated heterocycles. The van der Waals surface area contributed by atoms with Gasteiger partial charge in [0.25, 0.3) is 5.91 Å². The van der Waals surface area contributed by atoms with E-state index in [0.717, 1.165) is 48.3 Å². The molecule has 1 aliphatic rings. The largest absolute Gasteiger partial charge is 0.351 e. The number of nitrogens with one attached hydrogen (secondary N) is 1. The number of carbonyl (C=O) groups excluding carboxylic acids is 2. The molecule has 1 aromatic heterocycles. The van der Waals surface area contributed by atoms with Crippen LogP contribution in [0, 0.1) is 6.92 Å². The molecule has 1 fully saturated rings. The molecule has 30 heavy (non-hydrogen) atoms. The van der Waals surface area contributed by atoms with Gasteiger partial charge in [-0.15, -0.1) is 5.10 Å². The Balaban J connectivity index is 1.79. The second kappa shape index (κ2) is 9.17. The zero-order valence-corrected chi connectivity index (χ0v) is 17.6. The first-order chi connectivity index (χ1) is 14.6. The second-order valence-corrected chi connectivity index (χ2v) is 8.22. The Morgan fingerprint density at radius 2 is 1.87 bits per heavy atom. The summed E-state index contributed by atoms with van der Waals surface area (Å²) < 4.78 is 3.84. The summed E-state index contributed by atoms with van der Waals surface area (Å²) in [6, 6.07) is 16.4. The van der Waals surface area contributed by atoms with Crippen LogP contribution in [-0.4, -0.2) is 27.4 Å². The molecule has 0 unspecified atom stereocenters. The molecule has 1 N–H and O–H groups in total.